The highest BCUT2D eigenvalue weighted by Gasteiger charge is 2.25. The molecule has 0 saturated carbocycles. The van der Waals surface area contributed by atoms with E-state index in [4.69, 9.17) is 5.11 Å². The SMILES string of the molecule is CC(C)(C)C(=O)Nc1ncccc1C(=O)C(=O)O. The van der Waals surface area contributed by atoms with Crippen LogP contribution in [0.5, 0.6) is 0 Å². The Morgan fingerprint density at radius 1 is 1.28 bits per heavy atom. The molecule has 1 rings (SSSR count). The number of pyridine rings is 1. The summed E-state index contributed by atoms with van der Waals surface area (Å²) in [6.07, 6.45) is 1.37. The molecule has 0 aliphatic rings. The predicted octanol–water partition coefficient (Wildman–Crippen LogP) is 1.33. The lowest BCUT2D eigenvalue weighted by atomic mass is 9.95. The minimum Gasteiger partial charge on any atom is -0.475 e. The van der Waals surface area contributed by atoms with E-state index in [1.807, 2.05) is 0 Å². The van der Waals surface area contributed by atoms with Crippen LogP contribution in [0.25, 0.3) is 0 Å². The first-order valence-corrected chi connectivity index (χ1v) is 5.27. The van der Waals surface area contributed by atoms with Gasteiger partial charge < -0.3 is 10.4 Å². The molecule has 0 saturated heterocycles. The summed E-state index contributed by atoms with van der Waals surface area (Å²) < 4.78 is 0. The molecule has 0 aliphatic heterocycles. The van der Waals surface area contributed by atoms with Crippen molar-refractivity contribution in [2.45, 2.75) is 20.8 Å². The third-order valence-corrected chi connectivity index (χ3v) is 2.16. The van der Waals surface area contributed by atoms with Crippen LogP contribution < -0.4 is 5.32 Å². The van der Waals surface area contributed by atoms with Crippen LogP contribution in [0.15, 0.2) is 18.3 Å². The van der Waals surface area contributed by atoms with Crippen LogP contribution in [0.2, 0.25) is 0 Å². The Bertz CT molecular complexity index is 503. The molecule has 1 aromatic heterocycles. The van der Waals surface area contributed by atoms with E-state index in [1.165, 1.54) is 18.3 Å². The van der Waals surface area contributed by atoms with Gasteiger partial charge in [0.2, 0.25) is 5.91 Å². The fourth-order valence-corrected chi connectivity index (χ4v) is 1.10. The van der Waals surface area contributed by atoms with E-state index in [2.05, 4.69) is 10.3 Å². The van der Waals surface area contributed by atoms with Crippen LogP contribution >= 0.6 is 0 Å². The molecular formula is C12H14N2O4. The summed E-state index contributed by atoms with van der Waals surface area (Å²) >= 11 is 0. The molecule has 96 valence electrons. The van der Waals surface area contributed by atoms with E-state index < -0.39 is 17.2 Å². The molecule has 1 amide bonds. The number of anilines is 1. The van der Waals surface area contributed by atoms with Crippen molar-refractivity contribution >= 4 is 23.5 Å². The van der Waals surface area contributed by atoms with E-state index in [9.17, 15) is 14.4 Å². The monoisotopic (exact) mass is 250 g/mol. The van der Waals surface area contributed by atoms with Crippen molar-refractivity contribution in [2.24, 2.45) is 5.41 Å². The first-order valence-electron chi connectivity index (χ1n) is 5.27. The van der Waals surface area contributed by atoms with Crippen molar-refractivity contribution in [3.63, 3.8) is 0 Å². The molecule has 0 fully saturated rings. The second kappa shape index (κ2) is 4.95. The highest BCUT2D eigenvalue weighted by atomic mass is 16.4. The number of carbonyl (C=O) groups excluding carboxylic acids is 2. The van der Waals surface area contributed by atoms with Crippen LogP contribution in [-0.4, -0.2) is 27.8 Å². The normalized spacial score (nSPS) is 10.8. The Morgan fingerprint density at radius 3 is 2.39 bits per heavy atom. The van der Waals surface area contributed by atoms with Gasteiger partial charge >= 0.3 is 5.97 Å². The summed E-state index contributed by atoms with van der Waals surface area (Å²) in [6, 6.07) is 2.74. The topological polar surface area (TPSA) is 96.4 Å². The number of rotatable bonds is 3. The fourth-order valence-electron chi connectivity index (χ4n) is 1.10. The van der Waals surface area contributed by atoms with Gasteiger partial charge in [-0.25, -0.2) is 9.78 Å². The number of hydrogen-bond acceptors (Lipinski definition) is 4. The molecule has 1 aromatic rings. The molecular weight excluding hydrogens is 236 g/mol. The highest BCUT2D eigenvalue weighted by Crippen LogP contribution is 2.18. The zero-order chi connectivity index (χ0) is 13.9. The summed E-state index contributed by atoms with van der Waals surface area (Å²) in [5.74, 6) is -3.08. The molecule has 0 atom stereocenters. The number of amides is 1. The number of aliphatic carboxylic acids is 1. The maximum atomic E-state index is 11.8. The first kappa shape index (κ1) is 13.8. The molecule has 0 radical (unpaired) electrons. The number of carbonyl (C=O) groups is 3. The minimum atomic E-state index is -1.59. The summed E-state index contributed by atoms with van der Waals surface area (Å²) in [6.45, 7) is 5.10. The van der Waals surface area contributed by atoms with Gasteiger partial charge in [-0.05, 0) is 12.1 Å². The minimum absolute atomic E-state index is 0.0372. The van der Waals surface area contributed by atoms with Gasteiger partial charge in [0.05, 0.1) is 5.56 Å². The summed E-state index contributed by atoms with van der Waals surface area (Å²) in [4.78, 5) is 37.6. The Morgan fingerprint density at radius 2 is 1.89 bits per heavy atom. The number of aromatic nitrogens is 1. The van der Waals surface area contributed by atoms with Gasteiger partial charge in [-0.1, -0.05) is 20.8 Å². The van der Waals surface area contributed by atoms with Crippen molar-refractivity contribution in [1.29, 1.82) is 0 Å². The van der Waals surface area contributed by atoms with Gasteiger partial charge in [0, 0.05) is 11.6 Å². The van der Waals surface area contributed by atoms with Crippen molar-refractivity contribution in [3.8, 4) is 0 Å². The quantitative estimate of drug-likeness (QED) is 0.623. The molecule has 6 heteroatoms. The first-order chi connectivity index (χ1) is 8.23. The largest absolute Gasteiger partial charge is 0.475 e. The van der Waals surface area contributed by atoms with Gasteiger partial charge in [0.25, 0.3) is 5.78 Å². The lowest BCUT2D eigenvalue weighted by Gasteiger charge is -2.17. The van der Waals surface area contributed by atoms with E-state index in [1.54, 1.807) is 20.8 Å². The number of hydrogen-bond donors (Lipinski definition) is 2. The molecule has 1 heterocycles. The zero-order valence-corrected chi connectivity index (χ0v) is 10.4. The van der Waals surface area contributed by atoms with Crippen LogP contribution in [0.1, 0.15) is 31.1 Å². The average Bonchev–Trinajstić information content (AvgIpc) is 2.27. The smallest absolute Gasteiger partial charge is 0.377 e. The number of Topliss-reactive ketones (excluding diaryl/α,β-unsaturated/α-hetero) is 1. The Labute approximate surface area is 104 Å². The molecule has 0 aromatic carbocycles. The summed E-state index contributed by atoms with van der Waals surface area (Å²) in [7, 11) is 0. The molecule has 0 spiro atoms. The third kappa shape index (κ3) is 3.13. The Kier molecular flexibility index (Phi) is 3.80. The van der Waals surface area contributed by atoms with E-state index in [0.29, 0.717) is 0 Å². The summed E-state index contributed by atoms with van der Waals surface area (Å²) in [5, 5.41) is 11.1. The zero-order valence-electron chi connectivity index (χ0n) is 10.4. The molecule has 2 N–H and O–H groups in total. The maximum Gasteiger partial charge on any atom is 0.377 e. The van der Waals surface area contributed by atoms with Gasteiger partial charge in [0.15, 0.2) is 0 Å². The van der Waals surface area contributed by atoms with Crippen molar-refractivity contribution in [2.75, 3.05) is 5.32 Å². The average molecular weight is 250 g/mol. The second-order valence-electron chi connectivity index (χ2n) is 4.74. The number of nitrogens with one attached hydrogen (secondary N) is 1. The standard InChI is InChI=1S/C12H14N2O4/c1-12(2,3)11(18)14-9-7(5-4-6-13-9)8(15)10(16)17/h4-6H,1-3H3,(H,16,17)(H,13,14,18). The van der Waals surface area contributed by atoms with Crippen LogP contribution in [0.3, 0.4) is 0 Å². The van der Waals surface area contributed by atoms with Crippen LogP contribution in [0, 0.1) is 5.41 Å². The highest BCUT2D eigenvalue weighted by molar-refractivity contribution is 6.41. The molecule has 18 heavy (non-hydrogen) atoms. The summed E-state index contributed by atoms with van der Waals surface area (Å²) in [5.41, 5.74) is -0.802. The molecule has 0 unspecified atom stereocenters. The molecule has 0 bridgehead atoms. The predicted molar refractivity (Wildman–Crippen MR) is 64.3 cm³/mol. The Balaban J connectivity index is 3.08. The molecule has 0 aliphatic carbocycles. The third-order valence-electron chi connectivity index (χ3n) is 2.16. The number of carboxylic acids is 1. The number of carboxylic acid groups (broad SMARTS) is 1. The van der Waals surface area contributed by atoms with Crippen molar-refractivity contribution in [1.82, 2.24) is 4.98 Å². The van der Waals surface area contributed by atoms with Gasteiger partial charge in [0.1, 0.15) is 5.82 Å². The van der Waals surface area contributed by atoms with Gasteiger partial charge in [-0.3, -0.25) is 9.59 Å². The fraction of sp³-hybridized carbons (Fsp3) is 0.333. The van der Waals surface area contributed by atoms with E-state index in [-0.39, 0.29) is 17.3 Å². The van der Waals surface area contributed by atoms with Crippen LogP contribution in [-0.2, 0) is 9.59 Å². The lowest BCUT2D eigenvalue weighted by Crippen LogP contribution is -2.29. The second-order valence-corrected chi connectivity index (χ2v) is 4.74. The van der Waals surface area contributed by atoms with Crippen molar-refractivity contribution in [3.05, 3.63) is 23.9 Å². The Hall–Kier alpha value is -2.24. The van der Waals surface area contributed by atoms with E-state index >= 15 is 0 Å². The molecule has 6 nitrogen and oxygen atoms in total. The van der Waals surface area contributed by atoms with Crippen LogP contribution in [0.4, 0.5) is 5.82 Å². The van der Waals surface area contributed by atoms with Crippen molar-refractivity contribution < 1.29 is 19.5 Å². The number of ketones is 1. The van der Waals surface area contributed by atoms with Gasteiger partial charge in [-0.2, -0.15) is 0 Å². The maximum absolute atomic E-state index is 11.8. The number of nitrogens with zero attached hydrogens (tertiary/aromatic N) is 1. The van der Waals surface area contributed by atoms with Gasteiger partial charge in [-0.15, -0.1) is 0 Å². The lowest BCUT2D eigenvalue weighted by molar-refractivity contribution is -0.131. The van der Waals surface area contributed by atoms with E-state index in [0.717, 1.165) is 0 Å².